The van der Waals surface area contributed by atoms with E-state index in [1.54, 1.807) is 36.2 Å². The first-order chi connectivity index (χ1) is 12.4. The Hall–Kier alpha value is -1.96. The van der Waals surface area contributed by atoms with Crippen molar-refractivity contribution in [2.24, 2.45) is 0 Å². The first-order valence-electron chi connectivity index (χ1n) is 7.85. The van der Waals surface area contributed by atoms with Crippen LogP contribution in [0.25, 0.3) is 10.4 Å². The van der Waals surface area contributed by atoms with Crippen LogP contribution in [0.3, 0.4) is 0 Å². The molecule has 3 aromatic rings. The van der Waals surface area contributed by atoms with Crippen molar-refractivity contribution in [3.05, 3.63) is 69.5 Å². The minimum absolute atomic E-state index is 0.0644. The third kappa shape index (κ3) is 2.90. The Labute approximate surface area is 164 Å². The van der Waals surface area contributed by atoms with Gasteiger partial charge in [0.25, 0.3) is 5.91 Å². The predicted molar refractivity (Wildman–Crippen MR) is 108 cm³/mol. The molecule has 0 radical (unpaired) electrons. The number of amides is 1. The molecule has 26 heavy (non-hydrogen) atoms. The van der Waals surface area contributed by atoms with Gasteiger partial charge in [0.15, 0.2) is 9.84 Å². The van der Waals surface area contributed by atoms with Gasteiger partial charge in [0.1, 0.15) is 0 Å². The van der Waals surface area contributed by atoms with Crippen LogP contribution in [0.1, 0.15) is 15.2 Å². The molecule has 4 rings (SSSR count). The normalized spacial score (nSPS) is 14.4. The minimum Gasteiger partial charge on any atom is -0.311 e. The van der Waals surface area contributed by atoms with E-state index in [9.17, 15) is 13.2 Å². The van der Waals surface area contributed by atoms with Crippen molar-refractivity contribution in [1.82, 2.24) is 0 Å². The highest BCUT2D eigenvalue weighted by Crippen LogP contribution is 2.43. The van der Waals surface area contributed by atoms with Gasteiger partial charge in [0.2, 0.25) is 0 Å². The monoisotopic (exact) mass is 447 g/mol. The molecule has 1 amide bonds. The highest BCUT2D eigenvalue weighted by molar-refractivity contribution is 9.10. The molecule has 0 N–H and O–H groups in total. The summed E-state index contributed by atoms with van der Waals surface area (Å²) in [5.41, 5.74) is 2.16. The molecule has 0 unspecified atom stereocenters. The number of benzene rings is 2. The van der Waals surface area contributed by atoms with Crippen LogP contribution in [0.2, 0.25) is 0 Å². The molecule has 2 heterocycles. The maximum atomic E-state index is 12.9. The van der Waals surface area contributed by atoms with Crippen molar-refractivity contribution in [2.45, 2.75) is 10.6 Å². The Balaban J connectivity index is 1.75. The third-order valence-electron chi connectivity index (χ3n) is 4.35. The molecule has 0 spiro atoms. The fourth-order valence-electron chi connectivity index (χ4n) is 3.02. The van der Waals surface area contributed by atoms with Crippen LogP contribution in [0, 0.1) is 0 Å². The number of hydrogen-bond donors (Lipinski definition) is 0. The molecule has 0 bridgehead atoms. The lowest BCUT2D eigenvalue weighted by molar-refractivity contribution is 0.0997. The molecule has 0 saturated heterocycles. The summed E-state index contributed by atoms with van der Waals surface area (Å²) in [7, 11) is -1.65. The molecule has 7 heteroatoms. The van der Waals surface area contributed by atoms with Gasteiger partial charge in [-0.25, -0.2) is 8.42 Å². The maximum Gasteiger partial charge on any atom is 0.268 e. The van der Waals surface area contributed by atoms with Crippen LogP contribution in [0.4, 0.5) is 5.69 Å². The molecule has 2 aromatic carbocycles. The van der Waals surface area contributed by atoms with Gasteiger partial charge in [-0.1, -0.05) is 34.1 Å². The van der Waals surface area contributed by atoms with Crippen molar-refractivity contribution in [1.29, 1.82) is 0 Å². The van der Waals surface area contributed by atoms with Crippen molar-refractivity contribution >= 4 is 48.7 Å². The zero-order valence-electron chi connectivity index (χ0n) is 13.8. The number of halogens is 1. The fraction of sp³-hybridized carbons (Fsp3) is 0.105. The number of nitrogens with zero attached hydrogens (tertiary/aromatic N) is 1. The topological polar surface area (TPSA) is 54.5 Å². The van der Waals surface area contributed by atoms with E-state index < -0.39 is 9.84 Å². The van der Waals surface area contributed by atoms with Gasteiger partial charge < -0.3 is 4.90 Å². The van der Waals surface area contributed by atoms with Gasteiger partial charge in [-0.05, 0) is 42.0 Å². The summed E-state index contributed by atoms with van der Waals surface area (Å²) in [5.74, 6) is -0.216. The maximum absolute atomic E-state index is 12.9. The van der Waals surface area contributed by atoms with Crippen LogP contribution in [0.15, 0.2) is 64.0 Å². The van der Waals surface area contributed by atoms with Crippen LogP contribution >= 0.6 is 27.3 Å². The van der Waals surface area contributed by atoms with E-state index in [-0.39, 0.29) is 11.7 Å². The predicted octanol–water partition coefficient (Wildman–Crippen LogP) is 4.74. The molecular formula is C19H14BrNO3S2. The summed E-state index contributed by atoms with van der Waals surface area (Å²) in [5, 5.41) is 0. The lowest BCUT2D eigenvalue weighted by atomic mass is 10.1. The highest BCUT2D eigenvalue weighted by Gasteiger charge is 2.31. The molecule has 1 aliphatic heterocycles. The molecule has 1 aromatic heterocycles. The zero-order chi connectivity index (χ0) is 18.5. The highest BCUT2D eigenvalue weighted by atomic mass is 79.9. The molecule has 0 atom stereocenters. The largest absolute Gasteiger partial charge is 0.311 e. The summed E-state index contributed by atoms with van der Waals surface area (Å²) >= 11 is 4.73. The number of hydrogen-bond acceptors (Lipinski definition) is 4. The third-order valence-corrected chi connectivity index (χ3v) is 7.80. The van der Waals surface area contributed by atoms with Crippen molar-refractivity contribution in [2.75, 3.05) is 11.9 Å². The zero-order valence-corrected chi connectivity index (χ0v) is 17.0. The lowest BCUT2D eigenvalue weighted by Gasteiger charge is -2.16. The van der Waals surface area contributed by atoms with Crippen LogP contribution in [-0.4, -0.2) is 21.4 Å². The summed E-state index contributed by atoms with van der Waals surface area (Å²) in [6.45, 7) is 0. The Morgan fingerprint density at radius 1 is 1.12 bits per heavy atom. The van der Waals surface area contributed by atoms with Gasteiger partial charge in [-0.3, -0.25) is 4.79 Å². The number of anilines is 1. The van der Waals surface area contributed by atoms with E-state index in [0.717, 1.165) is 15.0 Å². The first kappa shape index (κ1) is 17.5. The summed E-state index contributed by atoms with van der Waals surface area (Å²) in [4.78, 5) is 16.2. The summed E-state index contributed by atoms with van der Waals surface area (Å²) in [6.07, 6.45) is 0. The fourth-order valence-corrected chi connectivity index (χ4v) is 6.22. The second-order valence-corrected chi connectivity index (χ2v) is 9.99. The van der Waals surface area contributed by atoms with E-state index in [1.807, 2.05) is 30.3 Å². The van der Waals surface area contributed by atoms with Crippen LogP contribution in [-0.2, 0) is 15.6 Å². The number of thiophene rings is 1. The Kier molecular flexibility index (Phi) is 4.25. The number of carbonyl (C=O) groups excluding carboxylic acids is 1. The van der Waals surface area contributed by atoms with Gasteiger partial charge in [0, 0.05) is 27.6 Å². The number of carbonyl (C=O) groups is 1. The van der Waals surface area contributed by atoms with E-state index >= 15 is 0 Å². The number of fused-ring (bicyclic) bond motifs is 3. The average Bonchev–Trinajstić information content (AvgIpc) is 3.04. The quantitative estimate of drug-likeness (QED) is 0.569. The van der Waals surface area contributed by atoms with Gasteiger partial charge >= 0.3 is 0 Å². The Morgan fingerprint density at radius 2 is 1.81 bits per heavy atom. The molecule has 0 saturated carbocycles. The van der Waals surface area contributed by atoms with Crippen molar-refractivity contribution < 1.29 is 13.2 Å². The minimum atomic E-state index is -3.37. The Morgan fingerprint density at radius 3 is 2.54 bits per heavy atom. The van der Waals surface area contributed by atoms with Gasteiger partial charge in [0.05, 0.1) is 15.5 Å². The lowest BCUT2D eigenvalue weighted by Crippen LogP contribution is -2.25. The van der Waals surface area contributed by atoms with Crippen LogP contribution in [0.5, 0.6) is 0 Å². The second kappa shape index (κ2) is 6.33. The Bertz CT molecular complexity index is 1120. The van der Waals surface area contributed by atoms with E-state index in [1.165, 1.54) is 11.3 Å². The SMILES string of the molecule is CN(C(=O)c1cc2c(s1)-c1ccccc1S(=O)(=O)C2)c1ccc(Br)cc1. The first-order valence-corrected chi connectivity index (χ1v) is 11.1. The smallest absolute Gasteiger partial charge is 0.268 e. The molecule has 0 aliphatic carbocycles. The number of rotatable bonds is 2. The van der Waals surface area contributed by atoms with E-state index in [2.05, 4.69) is 15.9 Å². The molecule has 132 valence electrons. The molecule has 0 fully saturated rings. The number of sulfone groups is 1. The van der Waals surface area contributed by atoms with E-state index in [0.29, 0.717) is 20.9 Å². The van der Waals surface area contributed by atoms with E-state index in [4.69, 9.17) is 0 Å². The van der Waals surface area contributed by atoms with Crippen molar-refractivity contribution in [3.63, 3.8) is 0 Å². The average molecular weight is 448 g/mol. The summed E-state index contributed by atoms with van der Waals surface area (Å²) < 4.78 is 26.0. The molecular weight excluding hydrogens is 434 g/mol. The molecule has 1 aliphatic rings. The van der Waals surface area contributed by atoms with Crippen molar-refractivity contribution in [3.8, 4) is 10.4 Å². The summed E-state index contributed by atoms with van der Waals surface area (Å²) in [6, 6.07) is 16.1. The van der Waals surface area contributed by atoms with Crippen LogP contribution < -0.4 is 4.90 Å². The van der Waals surface area contributed by atoms with Gasteiger partial charge in [-0.2, -0.15) is 0 Å². The molecule has 4 nitrogen and oxygen atoms in total. The van der Waals surface area contributed by atoms with Gasteiger partial charge in [-0.15, -0.1) is 11.3 Å². The standard InChI is InChI=1S/C19H14BrNO3S2/c1-21(14-8-6-13(20)7-9-14)19(22)16-10-12-11-26(23,24)17-5-3-2-4-15(17)18(12)25-16/h2-10H,11H2,1H3. The second-order valence-electron chi connectivity index (χ2n) is 6.06.